The summed E-state index contributed by atoms with van der Waals surface area (Å²) in [6.07, 6.45) is 1.40. The van der Waals surface area contributed by atoms with Crippen LogP contribution in [-0.4, -0.2) is 44.8 Å². The van der Waals surface area contributed by atoms with Crippen LogP contribution in [-0.2, 0) is 4.79 Å². The number of hydrogen-bond acceptors (Lipinski definition) is 7. The first-order valence-electron chi connectivity index (χ1n) is 12.0. The summed E-state index contributed by atoms with van der Waals surface area (Å²) in [6.45, 7) is 1.62. The van der Waals surface area contributed by atoms with Gasteiger partial charge >= 0.3 is 5.97 Å². The Hall–Kier alpha value is -5.18. The fourth-order valence-electron chi connectivity index (χ4n) is 3.88. The monoisotopic (exact) mass is 525 g/mol. The number of hydrazone groups is 1. The number of esters is 1. The molecule has 0 fully saturated rings. The van der Waals surface area contributed by atoms with Gasteiger partial charge in [0, 0.05) is 11.1 Å². The number of nitrogens with one attached hydrogen (secondary N) is 2. The lowest BCUT2D eigenvalue weighted by Crippen LogP contribution is -2.34. The Morgan fingerprint density at radius 1 is 0.821 bits per heavy atom. The van der Waals surface area contributed by atoms with Gasteiger partial charge in [-0.2, -0.15) is 5.10 Å². The zero-order valence-corrected chi connectivity index (χ0v) is 21.7. The van der Waals surface area contributed by atoms with Gasteiger partial charge in [-0.1, -0.05) is 48.0 Å². The number of hydrogen-bond donors (Lipinski definition) is 2. The van der Waals surface area contributed by atoms with Crippen molar-refractivity contribution in [1.29, 1.82) is 0 Å². The Kier molecular flexibility index (Phi) is 8.53. The van der Waals surface area contributed by atoms with Crippen molar-refractivity contribution >= 4 is 34.8 Å². The molecule has 39 heavy (non-hydrogen) atoms. The Morgan fingerprint density at radius 3 is 2.36 bits per heavy atom. The SMILES string of the molecule is COc1ccc(C(=O)Oc2ccc3ccccc3c2/C=N/NC(=O)CNC(=O)c2cccc(C)c2)cc1OC. The molecule has 4 aromatic rings. The largest absolute Gasteiger partial charge is 0.493 e. The molecule has 0 unspecified atom stereocenters. The topological polar surface area (TPSA) is 115 Å². The molecule has 9 heteroatoms. The number of nitrogens with zero attached hydrogens (tertiary/aromatic N) is 1. The van der Waals surface area contributed by atoms with E-state index in [1.165, 1.54) is 26.5 Å². The van der Waals surface area contributed by atoms with E-state index in [1.807, 2.05) is 43.3 Å². The molecule has 4 rings (SSSR count). The molecule has 9 nitrogen and oxygen atoms in total. The molecule has 0 aromatic heterocycles. The Morgan fingerprint density at radius 2 is 1.59 bits per heavy atom. The lowest BCUT2D eigenvalue weighted by Gasteiger charge is -2.12. The van der Waals surface area contributed by atoms with Crippen molar-refractivity contribution in [3.63, 3.8) is 0 Å². The summed E-state index contributed by atoms with van der Waals surface area (Å²) in [5.74, 6) is -0.363. The number of ether oxygens (including phenoxy) is 3. The molecule has 2 amide bonds. The van der Waals surface area contributed by atoms with E-state index < -0.39 is 11.9 Å². The van der Waals surface area contributed by atoms with Gasteiger partial charge in [0.1, 0.15) is 5.75 Å². The molecular weight excluding hydrogens is 498 g/mol. The second kappa shape index (κ2) is 12.4. The van der Waals surface area contributed by atoms with Crippen LogP contribution in [0.5, 0.6) is 17.2 Å². The van der Waals surface area contributed by atoms with Crippen molar-refractivity contribution in [2.24, 2.45) is 5.10 Å². The molecule has 0 aliphatic carbocycles. The van der Waals surface area contributed by atoms with Crippen molar-refractivity contribution in [2.75, 3.05) is 20.8 Å². The number of benzene rings is 4. The van der Waals surface area contributed by atoms with E-state index in [0.29, 0.717) is 22.6 Å². The van der Waals surface area contributed by atoms with Gasteiger partial charge in [0.2, 0.25) is 0 Å². The molecule has 0 aliphatic heterocycles. The minimum Gasteiger partial charge on any atom is -0.493 e. The lowest BCUT2D eigenvalue weighted by molar-refractivity contribution is -0.120. The van der Waals surface area contributed by atoms with E-state index in [9.17, 15) is 14.4 Å². The normalized spacial score (nSPS) is 10.7. The minimum atomic E-state index is -0.608. The minimum absolute atomic E-state index is 0.249. The number of carbonyl (C=O) groups is 3. The van der Waals surface area contributed by atoms with Crippen molar-refractivity contribution in [3.05, 3.63) is 101 Å². The smallest absolute Gasteiger partial charge is 0.343 e. The highest BCUT2D eigenvalue weighted by Crippen LogP contribution is 2.30. The third-order valence-electron chi connectivity index (χ3n) is 5.83. The molecule has 0 atom stereocenters. The Labute approximate surface area is 225 Å². The third kappa shape index (κ3) is 6.58. The third-order valence-corrected chi connectivity index (χ3v) is 5.83. The van der Waals surface area contributed by atoms with Gasteiger partial charge in [-0.3, -0.25) is 9.59 Å². The first-order chi connectivity index (χ1) is 18.9. The molecule has 0 aliphatic rings. The fraction of sp³-hybridized carbons (Fsp3) is 0.133. The van der Waals surface area contributed by atoms with Crippen LogP contribution in [0.25, 0.3) is 10.8 Å². The van der Waals surface area contributed by atoms with Crippen molar-refractivity contribution in [1.82, 2.24) is 10.7 Å². The van der Waals surface area contributed by atoms with Crippen molar-refractivity contribution in [3.8, 4) is 17.2 Å². The average Bonchev–Trinajstić information content (AvgIpc) is 2.96. The van der Waals surface area contributed by atoms with Crippen LogP contribution in [0.2, 0.25) is 0 Å². The molecule has 0 spiro atoms. The molecule has 0 heterocycles. The summed E-state index contributed by atoms with van der Waals surface area (Å²) in [5, 5.41) is 8.26. The molecular formula is C30H27N3O6. The number of rotatable bonds is 9. The summed E-state index contributed by atoms with van der Waals surface area (Å²) in [7, 11) is 2.99. The van der Waals surface area contributed by atoms with Crippen molar-refractivity contribution < 1.29 is 28.6 Å². The standard InChI is InChI=1S/C30H27N3O6/c1-19-7-6-9-21(15-19)29(35)31-18-28(34)33-32-17-24-23-10-5-4-8-20(23)11-13-25(24)39-30(36)22-12-14-26(37-2)27(16-22)38-3/h4-17H,18H2,1-3H3,(H,31,35)(H,33,34)/b32-17+. The molecule has 0 saturated carbocycles. The fourth-order valence-corrected chi connectivity index (χ4v) is 3.88. The highest BCUT2D eigenvalue weighted by molar-refractivity contribution is 6.04. The van der Waals surface area contributed by atoms with Gasteiger partial charge in [-0.15, -0.1) is 0 Å². The van der Waals surface area contributed by atoms with Gasteiger partial charge in [0.25, 0.3) is 11.8 Å². The molecule has 198 valence electrons. The predicted molar refractivity (Wildman–Crippen MR) is 148 cm³/mol. The lowest BCUT2D eigenvalue weighted by atomic mass is 10.0. The van der Waals surface area contributed by atoms with E-state index in [4.69, 9.17) is 14.2 Å². The van der Waals surface area contributed by atoms with E-state index in [-0.39, 0.29) is 23.8 Å². The Bertz CT molecular complexity index is 1560. The highest BCUT2D eigenvalue weighted by atomic mass is 16.5. The number of methoxy groups -OCH3 is 2. The van der Waals surface area contributed by atoms with Gasteiger partial charge < -0.3 is 19.5 Å². The zero-order chi connectivity index (χ0) is 27.8. The Balaban J connectivity index is 1.49. The molecule has 4 aromatic carbocycles. The molecule has 2 N–H and O–H groups in total. The van der Waals surface area contributed by atoms with Crippen LogP contribution in [0.4, 0.5) is 0 Å². The van der Waals surface area contributed by atoms with E-state index in [0.717, 1.165) is 16.3 Å². The van der Waals surface area contributed by atoms with Gasteiger partial charge in [-0.25, -0.2) is 10.2 Å². The van der Waals surface area contributed by atoms with E-state index in [2.05, 4.69) is 15.8 Å². The molecule has 0 bridgehead atoms. The second-order valence-electron chi connectivity index (χ2n) is 8.50. The van der Waals surface area contributed by atoms with Gasteiger partial charge in [0.05, 0.1) is 32.5 Å². The maximum absolute atomic E-state index is 13.0. The van der Waals surface area contributed by atoms with E-state index >= 15 is 0 Å². The van der Waals surface area contributed by atoms with Crippen LogP contribution in [0.3, 0.4) is 0 Å². The van der Waals surface area contributed by atoms with Crippen LogP contribution < -0.4 is 25.0 Å². The first-order valence-corrected chi connectivity index (χ1v) is 12.0. The maximum atomic E-state index is 13.0. The van der Waals surface area contributed by atoms with Crippen LogP contribution in [0, 0.1) is 6.92 Å². The number of aryl methyl sites for hydroxylation is 1. The predicted octanol–water partition coefficient (Wildman–Crippen LogP) is 4.26. The average molecular weight is 526 g/mol. The van der Waals surface area contributed by atoms with Crippen LogP contribution in [0.1, 0.15) is 31.8 Å². The summed E-state index contributed by atoms with van der Waals surface area (Å²) in [6, 6.07) is 22.8. The van der Waals surface area contributed by atoms with Crippen LogP contribution >= 0.6 is 0 Å². The quantitative estimate of drug-likeness (QED) is 0.146. The molecule has 0 radical (unpaired) electrons. The van der Waals surface area contributed by atoms with Crippen molar-refractivity contribution in [2.45, 2.75) is 6.92 Å². The summed E-state index contributed by atoms with van der Waals surface area (Å²) < 4.78 is 16.2. The highest BCUT2D eigenvalue weighted by Gasteiger charge is 2.16. The summed E-state index contributed by atoms with van der Waals surface area (Å²) in [4.78, 5) is 37.6. The summed E-state index contributed by atoms with van der Waals surface area (Å²) >= 11 is 0. The first kappa shape index (κ1) is 26.9. The number of carbonyl (C=O) groups excluding carboxylic acids is 3. The maximum Gasteiger partial charge on any atom is 0.343 e. The van der Waals surface area contributed by atoms with Gasteiger partial charge in [-0.05, 0) is 54.1 Å². The van der Waals surface area contributed by atoms with E-state index in [1.54, 1.807) is 36.4 Å². The second-order valence-corrected chi connectivity index (χ2v) is 8.50. The number of fused-ring (bicyclic) bond motifs is 1. The molecule has 0 saturated heterocycles. The van der Waals surface area contributed by atoms with Gasteiger partial charge in [0.15, 0.2) is 11.5 Å². The number of amides is 2. The summed E-state index contributed by atoms with van der Waals surface area (Å²) in [5.41, 5.74) is 4.56. The zero-order valence-electron chi connectivity index (χ0n) is 21.7. The van der Waals surface area contributed by atoms with Crippen LogP contribution in [0.15, 0.2) is 84.0 Å².